The molecule has 0 radical (unpaired) electrons. The van der Waals surface area contributed by atoms with Gasteiger partial charge in [-0.2, -0.15) is 13.2 Å². The standard InChI is InChI=1S/C18H22F3N3O2.ClH/c1-16(15(22)26,11-3-2-4-12(9-11)18(19,20)21)24-14(25)13-10-17(13)5-7-23-8-6-17;/h2-4,9,13,23H,5-8,10H2,1H3,(H2,22,26)(H,24,25);1H. The van der Waals surface area contributed by atoms with E-state index in [1.54, 1.807) is 0 Å². The van der Waals surface area contributed by atoms with Crippen LogP contribution >= 0.6 is 12.4 Å². The summed E-state index contributed by atoms with van der Waals surface area (Å²) < 4.78 is 39.0. The summed E-state index contributed by atoms with van der Waals surface area (Å²) in [6.45, 7) is 3.02. The van der Waals surface area contributed by atoms with Gasteiger partial charge in [0.2, 0.25) is 11.8 Å². The first kappa shape index (κ1) is 21.5. The summed E-state index contributed by atoms with van der Waals surface area (Å²) in [7, 11) is 0. The third kappa shape index (κ3) is 4.06. The highest BCUT2D eigenvalue weighted by molar-refractivity contribution is 5.93. The monoisotopic (exact) mass is 405 g/mol. The maximum absolute atomic E-state index is 13.0. The van der Waals surface area contributed by atoms with E-state index in [4.69, 9.17) is 5.73 Å². The van der Waals surface area contributed by atoms with Gasteiger partial charge in [0.05, 0.1) is 5.56 Å². The number of halogens is 4. The Morgan fingerprint density at radius 2 is 1.81 bits per heavy atom. The number of benzene rings is 1. The Morgan fingerprint density at radius 3 is 2.37 bits per heavy atom. The molecule has 2 unspecified atom stereocenters. The molecule has 5 nitrogen and oxygen atoms in total. The van der Waals surface area contributed by atoms with E-state index in [0.717, 1.165) is 44.5 Å². The molecule has 1 aromatic rings. The summed E-state index contributed by atoms with van der Waals surface area (Å²) >= 11 is 0. The molecule has 1 saturated carbocycles. The number of carbonyl (C=O) groups excluding carboxylic acids is 2. The Hall–Kier alpha value is -1.80. The zero-order chi connectivity index (χ0) is 19.2. The predicted molar refractivity (Wildman–Crippen MR) is 96.0 cm³/mol. The van der Waals surface area contributed by atoms with E-state index < -0.39 is 23.2 Å². The number of amides is 2. The maximum Gasteiger partial charge on any atom is 0.416 e. The number of alkyl halides is 3. The number of hydrogen-bond donors (Lipinski definition) is 3. The van der Waals surface area contributed by atoms with Gasteiger partial charge >= 0.3 is 6.18 Å². The van der Waals surface area contributed by atoms with Crippen LogP contribution in [-0.4, -0.2) is 24.9 Å². The summed E-state index contributed by atoms with van der Waals surface area (Å²) in [6.07, 6.45) is -2.06. The Kier molecular flexibility index (Phi) is 5.82. The van der Waals surface area contributed by atoms with Gasteiger partial charge in [0.1, 0.15) is 5.54 Å². The van der Waals surface area contributed by atoms with Crippen LogP contribution in [0, 0.1) is 11.3 Å². The van der Waals surface area contributed by atoms with Crippen molar-refractivity contribution in [2.75, 3.05) is 13.1 Å². The SMILES string of the molecule is CC(NC(=O)C1CC12CCNCC2)(C(N)=O)c1cccc(C(F)(F)F)c1.Cl. The van der Waals surface area contributed by atoms with Crippen LogP contribution in [-0.2, 0) is 21.3 Å². The maximum atomic E-state index is 13.0. The number of nitrogens with two attached hydrogens (primary N) is 1. The van der Waals surface area contributed by atoms with Crippen LogP contribution in [0.15, 0.2) is 24.3 Å². The molecule has 2 atom stereocenters. The minimum Gasteiger partial charge on any atom is -0.367 e. The van der Waals surface area contributed by atoms with Crippen molar-refractivity contribution in [1.82, 2.24) is 10.6 Å². The van der Waals surface area contributed by atoms with Crippen LogP contribution in [0.4, 0.5) is 13.2 Å². The number of rotatable bonds is 4. The Bertz CT molecular complexity index is 735. The molecule has 0 bridgehead atoms. The van der Waals surface area contributed by atoms with E-state index in [-0.39, 0.29) is 35.2 Å². The molecule has 0 aromatic heterocycles. The number of piperidine rings is 1. The molecule has 1 aromatic carbocycles. The first-order valence-corrected chi connectivity index (χ1v) is 8.59. The highest BCUT2D eigenvalue weighted by Gasteiger charge is 2.58. The van der Waals surface area contributed by atoms with Crippen LogP contribution in [0.1, 0.15) is 37.3 Å². The van der Waals surface area contributed by atoms with Crippen molar-refractivity contribution in [3.63, 3.8) is 0 Å². The zero-order valence-corrected chi connectivity index (χ0v) is 15.7. The largest absolute Gasteiger partial charge is 0.416 e. The van der Waals surface area contributed by atoms with Gasteiger partial charge in [-0.25, -0.2) is 0 Å². The quantitative estimate of drug-likeness (QED) is 0.718. The average molecular weight is 406 g/mol. The van der Waals surface area contributed by atoms with Gasteiger partial charge in [-0.3, -0.25) is 9.59 Å². The minimum atomic E-state index is -4.55. The van der Waals surface area contributed by atoms with Crippen LogP contribution in [0.25, 0.3) is 0 Å². The van der Waals surface area contributed by atoms with Crippen LogP contribution in [0.5, 0.6) is 0 Å². The van der Waals surface area contributed by atoms with E-state index in [1.807, 2.05) is 0 Å². The van der Waals surface area contributed by atoms with Crippen molar-refractivity contribution < 1.29 is 22.8 Å². The highest BCUT2D eigenvalue weighted by atomic mass is 35.5. The van der Waals surface area contributed by atoms with Crippen LogP contribution < -0.4 is 16.4 Å². The molecular formula is C18H23ClF3N3O2. The minimum absolute atomic E-state index is 0. The van der Waals surface area contributed by atoms with Gasteiger partial charge in [-0.15, -0.1) is 12.4 Å². The number of carbonyl (C=O) groups is 2. The molecule has 4 N–H and O–H groups in total. The average Bonchev–Trinajstić information content (AvgIpc) is 3.27. The second-order valence-electron chi connectivity index (χ2n) is 7.43. The Labute approximate surface area is 161 Å². The summed E-state index contributed by atoms with van der Waals surface area (Å²) in [6, 6.07) is 4.35. The topological polar surface area (TPSA) is 84.2 Å². The molecule has 2 aliphatic rings. The van der Waals surface area contributed by atoms with Crippen molar-refractivity contribution in [1.29, 1.82) is 0 Å². The van der Waals surface area contributed by atoms with Crippen LogP contribution in [0.3, 0.4) is 0 Å². The fourth-order valence-corrected chi connectivity index (χ4v) is 3.81. The fourth-order valence-electron chi connectivity index (χ4n) is 3.81. The van der Waals surface area contributed by atoms with E-state index in [2.05, 4.69) is 10.6 Å². The highest BCUT2D eigenvalue weighted by Crippen LogP contribution is 2.58. The molecule has 1 aliphatic heterocycles. The second-order valence-corrected chi connectivity index (χ2v) is 7.43. The smallest absolute Gasteiger partial charge is 0.367 e. The van der Waals surface area contributed by atoms with Crippen LogP contribution in [0.2, 0.25) is 0 Å². The molecule has 9 heteroatoms. The Balaban J connectivity index is 0.00000261. The summed E-state index contributed by atoms with van der Waals surface area (Å²) in [5.74, 6) is -1.45. The molecule has 1 aliphatic carbocycles. The number of primary amides is 1. The van der Waals surface area contributed by atoms with Gasteiger partial charge in [-0.1, -0.05) is 12.1 Å². The lowest BCUT2D eigenvalue weighted by Gasteiger charge is -2.30. The summed E-state index contributed by atoms with van der Waals surface area (Å²) in [5, 5.41) is 5.86. The van der Waals surface area contributed by atoms with Crippen molar-refractivity contribution in [2.45, 2.75) is 37.9 Å². The lowest BCUT2D eigenvalue weighted by atomic mass is 9.88. The second kappa shape index (κ2) is 7.31. The molecule has 150 valence electrons. The molecule has 2 amide bonds. The molecule has 2 fully saturated rings. The van der Waals surface area contributed by atoms with E-state index in [0.29, 0.717) is 0 Å². The van der Waals surface area contributed by atoms with E-state index in [9.17, 15) is 22.8 Å². The third-order valence-corrected chi connectivity index (χ3v) is 5.74. The predicted octanol–water partition coefficient (Wildman–Crippen LogP) is 2.33. The summed E-state index contributed by atoms with van der Waals surface area (Å²) in [5.41, 5.74) is 2.83. The normalized spacial score (nSPS) is 23.0. The van der Waals surface area contributed by atoms with Gasteiger partial charge in [0.15, 0.2) is 0 Å². The molecule has 1 saturated heterocycles. The molecule has 1 spiro atoms. The first-order chi connectivity index (χ1) is 12.1. The fraction of sp³-hybridized carbons (Fsp3) is 0.556. The molecule has 3 rings (SSSR count). The zero-order valence-electron chi connectivity index (χ0n) is 14.9. The van der Waals surface area contributed by atoms with Crippen molar-refractivity contribution in [3.8, 4) is 0 Å². The first-order valence-electron chi connectivity index (χ1n) is 8.59. The molecular weight excluding hydrogens is 383 g/mol. The third-order valence-electron chi connectivity index (χ3n) is 5.74. The van der Waals surface area contributed by atoms with Crippen molar-refractivity contribution >= 4 is 24.2 Å². The Morgan fingerprint density at radius 1 is 1.22 bits per heavy atom. The molecule has 1 heterocycles. The van der Waals surface area contributed by atoms with E-state index in [1.165, 1.54) is 19.1 Å². The van der Waals surface area contributed by atoms with Gasteiger partial charge in [0, 0.05) is 5.92 Å². The van der Waals surface area contributed by atoms with Gasteiger partial charge < -0.3 is 16.4 Å². The lowest BCUT2D eigenvalue weighted by molar-refractivity contribution is -0.138. The van der Waals surface area contributed by atoms with Gasteiger partial charge in [-0.05, 0) is 62.4 Å². The molecule has 27 heavy (non-hydrogen) atoms. The van der Waals surface area contributed by atoms with Gasteiger partial charge in [0.25, 0.3) is 0 Å². The van der Waals surface area contributed by atoms with Crippen molar-refractivity contribution in [3.05, 3.63) is 35.4 Å². The number of hydrogen-bond acceptors (Lipinski definition) is 3. The van der Waals surface area contributed by atoms with E-state index >= 15 is 0 Å². The number of nitrogens with one attached hydrogen (secondary N) is 2. The van der Waals surface area contributed by atoms with Crippen molar-refractivity contribution in [2.24, 2.45) is 17.1 Å². The lowest BCUT2D eigenvalue weighted by Crippen LogP contribution is -2.53. The summed E-state index contributed by atoms with van der Waals surface area (Å²) in [4.78, 5) is 24.7.